The molecule has 1 unspecified atom stereocenters. The zero-order valence-electron chi connectivity index (χ0n) is 19.7. The highest BCUT2D eigenvalue weighted by atomic mass is 31.2. The Morgan fingerprint density at radius 3 is 2.51 bits per heavy atom. The molecule has 0 aromatic carbocycles. The Labute approximate surface area is 216 Å². The van der Waals surface area contributed by atoms with Crippen molar-refractivity contribution < 1.29 is 48.4 Å². The molecule has 5 heterocycles. The monoisotopic (exact) mass is 573 g/mol. The Morgan fingerprint density at radius 1 is 1.05 bits per heavy atom. The number of nitrogen functional groups attached to an aromatic ring is 1. The van der Waals surface area contributed by atoms with Gasteiger partial charge in [-0.1, -0.05) is 0 Å². The van der Waals surface area contributed by atoms with Crippen LogP contribution in [0.4, 0.5) is 5.82 Å². The molecule has 2 aliphatic rings. The lowest BCUT2D eigenvalue weighted by atomic mass is 10.1. The van der Waals surface area contributed by atoms with E-state index in [2.05, 4.69) is 15.0 Å². The average Bonchev–Trinajstić information content (AvgIpc) is 3.53. The van der Waals surface area contributed by atoms with E-state index in [4.69, 9.17) is 24.3 Å². The molecule has 19 nitrogen and oxygen atoms in total. The molecule has 8 N–H and O–H groups in total. The molecular weight excluding hydrogens is 549 g/mol. The summed E-state index contributed by atoms with van der Waals surface area (Å²) in [6.45, 7) is -1.46. The van der Waals surface area contributed by atoms with E-state index in [1.54, 1.807) is 0 Å². The fraction of sp³-hybridized carbons (Fsp3) is 0.526. The number of hydrogen-bond acceptors (Lipinski definition) is 15. The predicted molar refractivity (Wildman–Crippen MR) is 125 cm³/mol. The molecule has 20 heteroatoms. The number of nitrogens with zero attached hydrogens (tertiary/aromatic N) is 5. The Balaban J connectivity index is 1.31. The number of aliphatic hydroxyl groups excluding tert-OH is 4. The number of H-pyrrole nitrogens is 1. The smallest absolute Gasteiger partial charge is 0.394 e. The van der Waals surface area contributed by atoms with Crippen molar-refractivity contribution in [2.24, 2.45) is 0 Å². The molecule has 212 valence electrons. The van der Waals surface area contributed by atoms with Gasteiger partial charge in [-0.05, 0) is 0 Å². The highest BCUT2D eigenvalue weighted by Crippen LogP contribution is 2.50. The highest BCUT2D eigenvalue weighted by Gasteiger charge is 2.50. The van der Waals surface area contributed by atoms with Gasteiger partial charge in [0.25, 0.3) is 5.56 Å². The number of imidazole rings is 1. The summed E-state index contributed by atoms with van der Waals surface area (Å²) >= 11 is 0. The minimum atomic E-state index is -5.03. The molecule has 5 rings (SSSR count). The van der Waals surface area contributed by atoms with Gasteiger partial charge in [0.15, 0.2) is 23.9 Å². The van der Waals surface area contributed by atoms with Gasteiger partial charge in [-0.15, -0.1) is 0 Å². The average molecular weight is 573 g/mol. The molecule has 39 heavy (non-hydrogen) atoms. The maximum absolute atomic E-state index is 12.8. The van der Waals surface area contributed by atoms with Crippen molar-refractivity contribution in [1.29, 1.82) is 0 Å². The van der Waals surface area contributed by atoms with Gasteiger partial charge in [0.05, 0.1) is 19.5 Å². The Hall–Kier alpha value is -3.10. The van der Waals surface area contributed by atoms with Gasteiger partial charge in [0.2, 0.25) is 0 Å². The summed E-state index contributed by atoms with van der Waals surface area (Å²) in [5.74, 6) is 0.0457. The number of nitrogens with one attached hydrogen (secondary N) is 1. The Morgan fingerprint density at radius 2 is 1.79 bits per heavy atom. The van der Waals surface area contributed by atoms with Crippen LogP contribution in [-0.4, -0.2) is 104 Å². The summed E-state index contributed by atoms with van der Waals surface area (Å²) in [6, 6.07) is 0.998. The number of phosphoric acid groups is 1. The molecule has 3 aromatic rings. The first-order valence-corrected chi connectivity index (χ1v) is 12.9. The first-order chi connectivity index (χ1) is 18.5. The summed E-state index contributed by atoms with van der Waals surface area (Å²) < 4.78 is 36.2. The lowest BCUT2D eigenvalue weighted by Crippen LogP contribution is -2.37. The van der Waals surface area contributed by atoms with E-state index in [1.165, 1.54) is 10.9 Å². The number of nitrogens with two attached hydrogens (primary N) is 1. The van der Waals surface area contributed by atoms with Crippen LogP contribution in [0.1, 0.15) is 12.5 Å². The first-order valence-electron chi connectivity index (χ1n) is 11.4. The van der Waals surface area contributed by atoms with E-state index in [0.717, 1.165) is 23.2 Å². The fourth-order valence-electron chi connectivity index (χ4n) is 4.34. The van der Waals surface area contributed by atoms with Crippen molar-refractivity contribution in [3.05, 3.63) is 45.8 Å². The molecule has 2 fully saturated rings. The van der Waals surface area contributed by atoms with E-state index >= 15 is 0 Å². The largest absolute Gasteiger partial charge is 0.472 e. The third-order valence-corrected chi connectivity index (χ3v) is 7.26. The summed E-state index contributed by atoms with van der Waals surface area (Å²) in [5, 5.41) is 40.9. The minimum Gasteiger partial charge on any atom is -0.394 e. The van der Waals surface area contributed by atoms with E-state index in [-0.39, 0.29) is 17.0 Å². The lowest BCUT2D eigenvalue weighted by Gasteiger charge is -2.24. The zero-order chi connectivity index (χ0) is 28.1. The molecule has 3 aromatic heterocycles. The third kappa shape index (κ3) is 5.12. The summed E-state index contributed by atoms with van der Waals surface area (Å²) in [6.07, 6.45) is -8.47. The second-order valence-corrected chi connectivity index (χ2v) is 10.1. The Kier molecular flexibility index (Phi) is 7.37. The first kappa shape index (κ1) is 27.5. The Bertz CT molecular complexity index is 1510. The number of hydrogen-bond donors (Lipinski definition) is 7. The van der Waals surface area contributed by atoms with Gasteiger partial charge in [0.1, 0.15) is 48.5 Å². The molecule has 0 bridgehead atoms. The second-order valence-electron chi connectivity index (χ2n) is 8.72. The minimum absolute atomic E-state index is 0.0457. The quantitative estimate of drug-likeness (QED) is 0.128. The van der Waals surface area contributed by atoms with Crippen LogP contribution in [-0.2, 0) is 23.1 Å². The van der Waals surface area contributed by atoms with Crippen LogP contribution in [0.5, 0.6) is 0 Å². The molecule has 2 aliphatic heterocycles. The van der Waals surface area contributed by atoms with Gasteiger partial charge in [0, 0.05) is 12.3 Å². The number of ether oxygens (including phenoxy) is 2. The predicted octanol–water partition coefficient (Wildman–Crippen LogP) is -3.67. The van der Waals surface area contributed by atoms with Crippen LogP contribution >= 0.6 is 7.82 Å². The van der Waals surface area contributed by atoms with Crippen LogP contribution in [0, 0.1) is 0 Å². The van der Waals surface area contributed by atoms with Crippen LogP contribution in [0.15, 0.2) is 34.5 Å². The maximum atomic E-state index is 12.8. The number of fused-ring (bicyclic) bond motifs is 1. The highest BCUT2D eigenvalue weighted by molar-refractivity contribution is 7.47. The maximum Gasteiger partial charge on any atom is 0.472 e. The molecule has 0 amide bonds. The number of aromatic amines is 1. The van der Waals surface area contributed by atoms with E-state index in [0.29, 0.717) is 0 Å². The molecule has 0 aliphatic carbocycles. The van der Waals surface area contributed by atoms with Crippen molar-refractivity contribution in [3.8, 4) is 0 Å². The molecule has 9 atom stereocenters. The number of phosphoric ester groups is 1. The fourth-order valence-corrected chi connectivity index (χ4v) is 5.27. The second kappa shape index (κ2) is 10.5. The van der Waals surface area contributed by atoms with Gasteiger partial charge in [-0.25, -0.2) is 24.3 Å². The SMILES string of the molecule is Nc1ncnc2c1ncn2[C@@H]1O[C@H](CO)[C@@H](O)[C@H]1OP(=O)(O)OC[C@H]1O[C@@H](n2ccc(=O)[nH]c2=O)[C@H](O)[C@@H]1O. The van der Waals surface area contributed by atoms with Crippen molar-refractivity contribution in [2.45, 2.75) is 49.1 Å². The van der Waals surface area contributed by atoms with Gasteiger partial charge in [-0.3, -0.25) is 28.0 Å². The topological polar surface area (TPSA) is 280 Å². The molecule has 0 spiro atoms. The van der Waals surface area contributed by atoms with Gasteiger partial charge < -0.3 is 40.5 Å². The van der Waals surface area contributed by atoms with Crippen molar-refractivity contribution in [1.82, 2.24) is 29.1 Å². The summed E-state index contributed by atoms with van der Waals surface area (Å²) in [7, 11) is -5.03. The van der Waals surface area contributed by atoms with Crippen molar-refractivity contribution in [2.75, 3.05) is 18.9 Å². The van der Waals surface area contributed by atoms with Gasteiger partial charge >= 0.3 is 13.5 Å². The summed E-state index contributed by atoms with van der Waals surface area (Å²) in [5.41, 5.74) is 4.52. The van der Waals surface area contributed by atoms with E-state index in [9.17, 15) is 39.5 Å². The lowest BCUT2D eigenvalue weighted by molar-refractivity contribution is -0.0636. The van der Waals surface area contributed by atoms with E-state index in [1.807, 2.05) is 4.98 Å². The number of aromatic nitrogens is 6. The standard InChI is InChI=1S/C19H24N7O12P/c20-15-10-16(22-5-21-15)26(6-23-10)18-14(12(30)7(3-27)36-18)38-39(33,34)35-4-8-11(29)13(31)17(37-8)25-2-1-9(28)24-19(25)32/h1-2,5-8,11-14,17-18,27,29-31H,3-4H2,(H,33,34)(H2,20,21,22)(H,24,28,32)/t7-,8-,11-,12-,13-,14-,17-,18-/m1/s1. The van der Waals surface area contributed by atoms with Gasteiger partial charge in [-0.2, -0.15) is 0 Å². The molecule has 0 saturated carbocycles. The summed E-state index contributed by atoms with van der Waals surface area (Å²) in [4.78, 5) is 47.7. The van der Waals surface area contributed by atoms with Crippen molar-refractivity contribution in [3.63, 3.8) is 0 Å². The molecule has 2 saturated heterocycles. The normalized spacial score (nSPS) is 32.5. The van der Waals surface area contributed by atoms with Crippen LogP contribution in [0.25, 0.3) is 11.2 Å². The van der Waals surface area contributed by atoms with Crippen LogP contribution < -0.4 is 17.0 Å². The van der Waals surface area contributed by atoms with Crippen molar-refractivity contribution >= 4 is 24.8 Å². The van der Waals surface area contributed by atoms with E-state index < -0.39 is 81.4 Å². The molecule has 0 radical (unpaired) electrons. The zero-order valence-corrected chi connectivity index (χ0v) is 20.6. The molecular formula is C19H24N7O12P. The van der Waals surface area contributed by atoms with Crippen LogP contribution in [0.3, 0.4) is 0 Å². The third-order valence-electron chi connectivity index (χ3n) is 6.27. The number of rotatable bonds is 8. The number of aliphatic hydroxyl groups is 4. The van der Waals surface area contributed by atoms with Crippen LogP contribution in [0.2, 0.25) is 0 Å². The number of anilines is 1.